The molecule has 2 aromatic carbocycles. The van der Waals surface area contributed by atoms with Crippen LogP contribution in [0.2, 0.25) is 0 Å². The molecule has 6 heteroatoms. The third-order valence-corrected chi connectivity index (χ3v) is 3.49. The fourth-order valence-corrected chi connectivity index (χ4v) is 2.34. The van der Waals surface area contributed by atoms with Crippen LogP contribution in [0.3, 0.4) is 0 Å². The van der Waals surface area contributed by atoms with Gasteiger partial charge in [0.25, 0.3) is 5.91 Å². The number of hydrogen-bond donors (Lipinski definition) is 1. The Kier molecular flexibility index (Phi) is 6.25. The van der Waals surface area contributed by atoms with E-state index < -0.39 is 0 Å². The molecule has 0 saturated heterocycles. The summed E-state index contributed by atoms with van der Waals surface area (Å²) >= 11 is 0. The van der Waals surface area contributed by atoms with Gasteiger partial charge < -0.3 is 19.5 Å². The number of nitrogens with zero attached hydrogens (tertiary/aromatic N) is 1. The normalized spacial score (nSPS) is 10.1. The first-order chi connectivity index (χ1) is 13.2. The number of aromatic nitrogens is 1. The van der Waals surface area contributed by atoms with Crippen molar-refractivity contribution in [1.82, 2.24) is 4.98 Å². The second kappa shape index (κ2) is 9.24. The average molecular weight is 364 g/mol. The minimum atomic E-state index is -0.293. The van der Waals surface area contributed by atoms with E-state index in [9.17, 15) is 4.79 Å². The van der Waals surface area contributed by atoms with Crippen molar-refractivity contribution in [2.75, 3.05) is 18.5 Å². The minimum absolute atomic E-state index is 0.138. The van der Waals surface area contributed by atoms with E-state index in [1.807, 2.05) is 49.4 Å². The van der Waals surface area contributed by atoms with Crippen LogP contribution in [0.5, 0.6) is 23.1 Å². The maximum atomic E-state index is 12.2. The molecule has 6 nitrogen and oxygen atoms in total. The molecule has 0 bridgehead atoms. The van der Waals surface area contributed by atoms with Gasteiger partial charge in [-0.3, -0.25) is 4.79 Å². The van der Waals surface area contributed by atoms with E-state index >= 15 is 0 Å². The maximum Gasteiger partial charge on any atom is 0.262 e. The molecule has 3 rings (SSSR count). The van der Waals surface area contributed by atoms with E-state index in [1.165, 1.54) is 0 Å². The van der Waals surface area contributed by atoms with E-state index in [4.69, 9.17) is 14.2 Å². The molecule has 1 aromatic heterocycles. The van der Waals surface area contributed by atoms with Crippen LogP contribution in [0.25, 0.3) is 0 Å². The van der Waals surface area contributed by atoms with Gasteiger partial charge >= 0.3 is 0 Å². The van der Waals surface area contributed by atoms with Crippen LogP contribution in [-0.2, 0) is 4.79 Å². The van der Waals surface area contributed by atoms with Gasteiger partial charge in [-0.15, -0.1) is 0 Å². The highest BCUT2D eigenvalue weighted by Gasteiger charge is 2.09. The Labute approximate surface area is 157 Å². The second-order valence-electron chi connectivity index (χ2n) is 5.51. The number of carbonyl (C=O) groups is 1. The summed E-state index contributed by atoms with van der Waals surface area (Å²) in [7, 11) is 0. The van der Waals surface area contributed by atoms with Gasteiger partial charge in [0.05, 0.1) is 6.61 Å². The van der Waals surface area contributed by atoms with Crippen molar-refractivity contribution < 1.29 is 19.0 Å². The summed E-state index contributed by atoms with van der Waals surface area (Å²) in [5.74, 6) is 1.90. The van der Waals surface area contributed by atoms with Gasteiger partial charge in [0.2, 0.25) is 5.88 Å². The first-order valence-corrected chi connectivity index (χ1v) is 8.58. The van der Waals surface area contributed by atoms with Gasteiger partial charge in [-0.2, -0.15) is 0 Å². The van der Waals surface area contributed by atoms with Crippen LogP contribution in [0, 0.1) is 0 Å². The Bertz CT molecular complexity index is 884. The third-order valence-electron chi connectivity index (χ3n) is 3.49. The molecule has 0 unspecified atom stereocenters. The van der Waals surface area contributed by atoms with Crippen molar-refractivity contribution in [3.05, 3.63) is 72.9 Å². The molecule has 0 aliphatic carbocycles. The number of carbonyl (C=O) groups excluding carboxylic acids is 1. The SMILES string of the molecule is CCOc1ccccc1OCC(=O)Nc1ccnc(Oc2ccccc2)c1. The smallest absolute Gasteiger partial charge is 0.262 e. The summed E-state index contributed by atoms with van der Waals surface area (Å²) in [6, 6.07) is 19.9. The number of ether oxygens (including phenoxy) is 3. The average Bonchev–Trinajstić information content (AvgIpc) is 2.69. The lowest BCUT2D eigenvalue weighted by molar-refractivity contribution is -0.118. The zero-order valence-corrected chi connectivity index (χ0v) is 14.9. The molecule has 0 radical (unpaired) electrons. The van der Waals surface area contributed by atoms with Crippen LogP contribution in [0.4, 0.5) is 5.69 Å². The molecule has 0 fully saturated rings. The Balaban J connectivity index is 1.57. The number of amides is 1. The van der Waals surface area contributed by atoms with Gasteiger partial charge in [0.15, 0.2) is 18.1 Å². The zero-order chi connectivity index (χ0) is 18.9. The largest absolute Gasteiger partial charge is 0.490 e. The fourth-order valence-electron chi connectivity index (χ4n) is 2.34. The molecule has 1 heterocycles. The maximum absolute atomic E-state index is 12.2. The Morgan fingerprint density at radius 2 is 1.67 bits per heavy atom. The molecule has 0 spiro atoms. The molecule has 0 atom stereocenters. The minimum Gasteiger partial charge on any atom is -0.490 e. The number of benzene rings is 2. The molecule has 27 heavy (non-hydrogen) atoms. The van der Waals surface area contributed by atoms with Gasteiger partial charge in [0.1, 0.15) is 5.75 Å². The number of nitrogens with one attached hydrogen (secondary N) is 1. The number of pyridine rings is 1. The topological polar surface area (TPSA) is 69.7 Å². The molecule has 0 aliphatic heterocycles. The monoisotopic (exact) mass is 364 g/mol. The van der Waals surface area contributed by atoms with E-state index in [2.05, 4.69) is 10.3 Å². The second-order valence-corrected chi connectivity index (χ2v) is 5.51. The first kappa shape index (κ1) is 18.3. The molecule has 1 N–H and O–H groups in total. The van der Waals surface area contributed by atoms with Gasteiger partial charge in [0, 0.05) is 18.0 Å². The molecule has 3 aromatic rings. The molecule has 1 amide bonds. The molecular formula is C21H20N2O4. The number of rotatable bonds is 8. The van der Waals surface area contributed by atoms with Crippen LogP contribution in [0.1, 0.15) is 6.92 Å². The van der Waals surface area contributed by atoms with Crippen molar-refractivity contribution in [3.8, 4) is 23.1 Å². The number of hydrogen-bond acceptors (Lipinski definition) is 5. The molecule has 0 saturated carbocycles. The third kappa shape index (κ3) is 5.47. The summed E-state index contributed by atoms with van der Waals surface area (Å²) in [5.41, 5.74) is 0.572. The van der Waals surface area contributed by atoms with E-state index in [1.54, 1.807) is 30.5 Å². The van der Waals surface area contributed by atoms with Crippen molar-refractivity contribution in [2.24, 2.45) is 0 Å². The highest BCUT2D eigenvalue weighted by molar-refractivity contribution is 5.92. The van der Waals surface area contributed by atoms with Crippen LogP contribution in [0.15, 0.2) is 72.9 Å². The van der Waals surface area contributed by atoms with Crippen molar-refractivity contribution in [3.63, 3.8) is 0 Å². The summed E-state index contributed by atoms with van der Waals surface area (Å²) in [5, 5.41) is 2.77. The van der Waals surface area contributed by atoms with Crippen LogP contribution < -0.4 is 19.5 Å². The van der Waals surface area contributed by atoms with Crippen LogP contribution >= 0.6 is 0 Å². The molecule has 0 aliphatic rings. The Morgan fingerprint density at radius 1 is 0.963 bits per heavy atom. The zero-order valence-electron chi connectivity index (χ0n) is 14.9. The number of anilines is 1. The van der Waals surface area contributed by atoms with E-state index in [-0.39, 0.29) is 12.5 Å². The Hall–Kier alpha value is -3.54. The molecule has 138 valence electrons. The van der Waals surface area contributed by atoms with Crippen molar-refractivity contribution in [1.29, 1.82) is 0 Å². The van der Waals surface area contributed by atoms with Gasteiger partial charge in [-0.25, -0.2) is 4.98 Å². The predicted octanol–water partition coefficient (Wildman–Crippen LogP) is 4.29. The lowest BCUT2D eigenvalue weighted by Crippen LogP contribution is -2.20. The lowest BCUT2D eigenvalue weighted by Gasteiger charge is -2.12. The van der Waals surface area contributed by atoms with Crippen LogP contribution in [-0.4, -0.2) is 24.1 Å². The summed E-state index contributed by atoms with van der Waals surface area (Å²) in [6.07, 6.45) is 1.57. The van der Waals surface area contributed by atoms with E-state index in [0.717, 1.165) is 0 Å². The summed E-state index contributed by atoms with van der Waals surface area (Å²) in [4.78, 5) is 16.3. The summed E-state index contributed by atoms with van der Waals surface area (Å²) < 4.78 is 16.7. The summed E-state index contributed by atoms with van der Waals surface area (Å²) in [6.45, 7) is 2.27. The van der Waals surface area contributed by atoms with Gasteiger partial charge in [-0.05, 0) is 37.3 Å². The standard InChI is InChI=1S/C21H20N2O4/c1-2-25-18-10-6-7-11-19(18)26-15-20(24)23-16-12-13-22-21(14-16)27-17-8-4-3-5-9-17/h3-14H,2,15H2,1H3,(H,22,23,24). The van der Waals surface area contributed by atoms with E-state index in [0.29, 0.717) is 35.4 Å². The molecular weight excluding hydrogens is 344 g/mol. The van der Waals surface area contributed by atoms with Crippen molar-refractivity contribution in [2.45, 2.75) is 6.92 Å². The van der Waals surface area contributed by atoms with Crippen molar-refractivity contribution >= 4 is 11.6 Å². The first-order valence-electron chi connectivity index (χ1n) is 8.58. The quantitative estimate of drug-likeness (QED) is 0.646. The highest BCUT2D eigenvalue weighted by atomic mass is 16.5. The highest BCUT2D eigenvalue weighted by Crippen LogP contribution is 2.26. The Morgan fingerprint density at radius 3 is 2.41 bits per heavy atom. The predicted molar refractivity (Wildman–Crippen MR) is 102 cm³/mol. The number of para-hydroxylation sites is 3. The lowest BCUT2D eigenvalue weighted by atomic mass is 10.3. The fraction of sp³-hybridized carbons (Fsp3) is 0.143. The van der Waals surface area contributed by atoms with Gasteiger partial charge in [-0.1, -0.05) is 30.3 Å².